The molecule has 1 atom stereocenters. The van der Waals surface area contributed by atoms with Gasteiger partial charge in [0.2, 0.25) is 11.8 Å². The lowest BCUT2D eigenvalue weighted by atomic mass is 9.86. The predicted molar refractivity (Wildman–Crippen MR) is 111 cm³/mol. The van der Waals surface area contributed by atoms with Crippen LogP contribution < -0.4 is 0 Å². The van der Waals surface area contributed by atoms with Gasteiger partial charge in [0, 0.05) is 31.3 Å². The molecule has 2 amide bonds. The van der Waals surface area contributed by atoms with E-state index in [1.165, 1.54) is 0 Å². The van der Waals surface area contributed by atoms with Gasteiger partial charge in [-0.25, -0.2) is 0 Å². The van der Waals surface area contributed by atoms with Crippen LogP contribution in [0.15, 0.2) is 24.3 Å². The van der Waals surface area contributed by atoms with E-state index < -0.39 is 11.1 Å². The Hall–Kier alpha value is -1.58. The minimum Gasteiger partial charge on any atom is -0.315 e. The zero-order valence-corrected chi connectivity index (χ0v) is 17.9. The molecule has 0 aromatic carbocycles. The minimum atomic E-state index is -0.498. The van der Waals surface area contributed by atoms with Crippen LogP contribution in [-0.4, -0.2) is 40.4 Å². The van der Waals surface area contributed by atoms with E-state index in [0.29, 0.717) is 25.9 Å². The average molecular weight is 375 g/mol. The highest BCUT2D eigenvalue weighted by atomic mass is 16.2. The molecule has 0 saturated carbocycles. The van der Waals surface area contributed by atoms with E-state index >= 15 is 0 Å². The minimum absolute atomic E-state index is 0.152. The van der Waals surface area contributed by atoms with E-state index in [4.69, 9.17) is 0 Å². The fourth-order valence-corrected chi connectivity index (χ4v) is 4.62. The Labute approximate surface area is 165 Å². The molecule has 0 radical (unpaired) electrons. The number of likely N-dealkylation sites (tertiary alicyclic amines) is 2. The normalized spacial score (nSPS) is 24.3. The van der Waals surface area contributed by atoms with E-state index in [0.717, 1.165) is 56.1 Å². The van der Waals surface area contributed by atoms with E-state index in [1.807, 2.05) is 23.6 Å². The van der Waals surface area contributed by atoms with Crippen molar-refractivity contribution in [2.24, 2.45) is 5.41 Å². The topological polar surface area (TPSA) is 40.6 Å². The Morgan fingerprint density at radius 1 is 0.963 bits per heavy atom. The van der Waals surface area contributed by atoms with Crippen LogP contribution in [0.5, 0.6) is 0 Å². The van der Waals surface area contributed by atoms with Crippen molar-refractivity contribution in [2.75, 3.05) is 13.1 Å². The third kappa shape index (κ3) is 4.47. The second kappa shape index (κ2) is 8.62. The van der Waals surface area contributed by atoms with Gasteiger partial charge in [-0.1, -0.05) is 64.8 Å². The summed E-state index contributed by atoms with van der Waals surface area (Å²) in [5, 5.41) is 0. The molecule has 0 aromatic heterocycles. The Kier molecular flexibility index (Phi) is 6.93. The highest BCUT2D eigenvalue weighted by Gasteiger charge is 2.61. The molecule has 2 fully saturated rings. The second-order valence-corrected chi connectivity index (χ2v) is 9.12. The number of unbranched alkanes of at least 4 members (excludes halogenated alkanes) is 2. The molecule has 2 rings (SSSR count). The summed E-state index contributed by atoms with van der Waals surface area (Å²) in [7, 11) is 0. The first kappa shape index (κ1) is 21.7. The first-order chi connectivity index (χ1) is 12.7. The molecule has 152 valence electrons. The summed E-state index contributed by atoms with van der Waals surface area (Å²) >= 11 is 0. The van der Waals surface area contributed by atoms with Crippen LogP contribution in [0.1, 0.15) is 85.5 Å². The summed E-state index contributed by atoms with van der Waals surface area (Å²) in [6.07, 6.45) is 8.24. The highest BCUT2D eigenvalue weighted by molar-refractivity contribution is 5.89. The van der Waals surface area contributed by atoms with Crippen LogP contribution in [0.3, 0.4) is 0 Å². The van der Waals surface area contributed by atoms with E-state index in [9.17, 15) is 9.59 Å². The molecule has 0 aromatic rings. The van der Waals surface area contributed by atoms with Gasteiger partial charge in [0.05, 0.1) is 0 Å². The molecule has 2 saturated heterocycles. The van der Waals surface area contributed by atoms with Crippen molar-refractivity contribution >= 4 is 11.8 Å². The predicted octanol–water partition coefficient (Wildman–Crippen LogP) is 5.06. The number of nitrogens with zero attached hydrogens (tertiary/aromatic N) is 2. The fraction of sp³-hybridized carbons (Fsp3) is 0.739. The van der Waals surface area contributed by atoms with Gasteiger partial charge in [-0.3, -0.25) is 9.59 Å². The Morgan fingerprint density at radius 2 is 1.48 bits per heavy atom. The molecule has 1 unspecified atom stereocenters. The molecule has 4 nitrogen and oxygen atoms in total. The van der Waals surface area contributed by atoms with Crippen LogP contribution >= 0.6 is 0 Å². The van der Waals surface area contributed by atoms with Gasteiger partial charge < -0.3 is 9.80 Å². The van der Waals surface area contributed by atoms with Crippen molar-refractivity contribution in [1.82, 2.24) is 9.80 Å². The third-order valence-corrected chi connectivity index (χ3v) is 6.13. The zero-order chi connectivity index (χ0) is 20.2. The maximum atomic E-state index is 13.2. The van der Waals surface area contributed by atoms with Crippen molar-refractivity contribution in [3.05, 3.63) is 24.3 Å². The van der Waals surface area contributed by atoms with E-state index in [2.05, 4.69) is 27.0 Å². The lowest BCUT2D eigenvalue weighted by Crippen LogP contribution is -2.56. The van der Waals surface area contributed by atoms with Crippen molar-refractivity contribution in [1.29, 1.82) is 0 Å². The first-order valence-corrected chi connectivity index (χ1v) is 10.6. The molecule has 2 heterocycles. The molecular formula is C23H38N2O2. The summed E-state index contributed by atoms with van der Waals surface area (Å²) in [4.78, 5) is 30.0. The van der Waals surface area contributed by atoms with Gasteiger partial charge in [0.15, 0.2) is 0 Å². The molecule has 0 N–H and O–H groups in total. The molecule has 2 aliphatic heterocycles. The Balaban J connectivity index is 2.27. The number of carbonyl (C=O) groups is 2. The summed E-state index contributed by atoms with van der Waals surface area (Å²) in [5.74, 6) is 0.307. The van der Waals surface area contributed by atoms with E-state index in [-0.39, 0.29) is 11.8 Å². The zero-order valence-electron chi connectivity index (χ0n) is 17.9. The number of amides is 2. The first-order valence-electron chi connectivity index (χ1n) is 10.6. The van der Waals surface area contributed by atoms with Crippen molar-refractivity contribution in [2.45, 2.75) is 91.1 Å². The Morgan fingerprint density at radius 3 is 2.00 bits per heavy atom. The summed E-state index contributed by atoms with van der Waals surface area (Å²) in [6.45, 7) is 17.9. The summed E-state index contributed by atoms with van der Waals surface area (Å²) in [6, 6.07) is 0. The maximum Gasteiger partial charge on any atom is 0.230 e. The van der Waals surface area contributed by atoms with Gasteiger partial charge in [0.25, 0.3) is 0 Å². The van der Waals surface area contributed by atoms with Crippen LogP contribution in [0.2, 0.25) is 0 Å². The van der Waals surface area contributed by atoms with Gasteiger partial charge >= 0.3 is 0 Å². The number of carbonyl (C=O) groups excluding carboxylic acids is 2. The van der Waals surface area contributed by atoms with Crippen LogP contribution in [0, 0.1) is 5.41 Å². The monoisotopic (exact) mass is 374 g/mol. The van der Waals surface area contributed by atoms with Crippen LogP contribution in [-0.2, 0) is 9.59 Å². The number of rotatable bonds is 10. The fourth-order valence-electron chi connectivity index (χ4n) is 4.62. The van der Waals surface area contributed by atoms with Crippen molar-refractivity contribution < 1.29 is 9.59 Å². The Bertz CT molecular complexity index is 607. The molecule has 0 bridgehead atoms. The highest BCUT2D eigenvalue weighted by Crippen LogP contribution is 2.50. The second-order valence-electron chi connectivity index (χ2n) is 9.12. The molecular weight excluding hydrogens is 336 g/mol. The largest absolute Gasteiger partial charge is 0.315 e. The molecule has 27 heavy (non-hydrogen) atoms. The number of hydrogen-bond donors (Lipinski definition) is 0. The quantitative estimate of drug-likeness (QED) is 0.502. The number of hydrogen-bond acceptors (Lipinski definition) is 2. The van der Waals surface area contributed by atoms with Crippen LogP contribution in [0.25, 0.3) is 0 Å². The third-order valence-electron chi connectivity index (χ3n) is 6.13. The summed E-state index contributed by atoms with van der Waals surface area (Å²) in [5.41, 5.74) is 1.24. The van der Waals surface area contributed by atoms with E-state index in [1.54, 1.807) is 0 Å². The molecule has 0 aliphatic carbocycles. The van der Waals surface area contributed by atoms with Gasteiger partial charge in [-0.2, -0.15) is 0 Å². The van der Waals surface area contributed by atoms with Crippen LogP contribution in [0.4, 0.5) is 0 Å². The van der Waals surface area contributed by atoms with Crippen molar-refractivity contribution in [3.63, 3.8) is 0 Å². The SMILES string of the molecule is C=C(CCCC)CN1C(=O)CCC12CC(C)(C)C(=O)N2CC(=C)CCCC. The smallest absolute Gasteiger partial charge is 0.230 e. The van der Waals surface area contributed by atoms with Gasteiger partial charge in [0.1, 0.15) is 5.66 Å². The molecule has 1 spiro atoms. The average Bonchev–Trinajstić information content (AvgIpc) is 3.01. The molecule has 2 aliphatic rings. The van der Waals surface area contributed by atoms with Crippen molar-refractivity contribution in [3.8, 4) is 0 Å². The lowest BCUT2D eigenvalue weighted by molar-refractivity contribution is -0.143. The van der Waals surface area contributed by atoms with Gasteiger partial charge in [-0.15, -0.1) is 0 Å². The standard InChI is InChI=1S/C23H38N2O2/c1-7-9-11-18(3)15-24-20(26)13-14-23(24)17-22(5,6)21(27)25(23)16-19(4)12-10-8-2/h3-4,7-17H2,1-2,5-6H3. The van der Waals surface area contributed by atoms with Gasteiger partial charge in [-0.05, 0) is 32.1 Å². The maximum absolute atomic E-state index is 13.2. The lowest BCUT2D eigenvalue weighted by Gasteiger charge is -2.43. The molecule has 4 heteroatoms. The summed E-state index contributed by atoms with van der Waals surface area (Å²) < 4.78 is 0.